The number of nitrogens with zero attached hydrogens (tertiary/aromatic N) is 2. The lowest BCUT2D eigenvalue weighted by molar-refractivity contribution is 0.400. The molecule has 0 spiro atoms. The van der Waals surface area contributed by atoms with Crippen LogP contribution in [0.1, 0.15) is 30.6 Å². The Balaban J connectivity index is 2.18. The van der Waals surface area contributed by atoms with E-state index in [0.717, 1.165) is 42.1 Å². The molecule has 2 rings (SSSR count). The van der Waals surface area contributed by atoms with E-state index in [1.807, 2.05) is 28.9 Å². The molecule has 1 aromatic carbocycles. The zero-order valence-electron chi connectivity index (χ0n) is 12.9. The maximum Gasteiger partial charge on any atom is 0.161 e. The Morgan fingerprint density at radius 2 is 1.90 bits per heavy atom. The number of nitrogens with two attached hydrogens (primary N) is 1. The lowest BCUT2D eigenvalue weighted by atomic mass is 10.0. The van der Waals surface area contributed by atoms with Gasteiger partial charge in [-0.3, -0.25) is 4.68 Å². The first kappa shape index (κ1) is 15.4. The minimum Gasteiger partial charge on any atom is -0.497 e. The lowest BCUT2D eigenvalue weighted by Gasteiger charge is -2.16. The standard InChI is InChI=1S/C16H23N3O2/c1-4-9-19-16(15(21-3)11-18-19)14(17)10-12-5-7-13(20-2)8-6-12/h5-8,11,14H,4,9-10,17H2,1-3H3. The Hall–Kier alpha value is -2.01. The Morgan fingerprint density at radius 3 is 2.48 bits per heavy atom. The van der Waals surface area contributed by atoms with Gasteiger partial charge in [-0.1, -0.05) is 19.1 Å². The molecule has 0 bridgehead atoms. The number of aromatic nitrogens is 2. The molecule has 5 heteroatoms. The number of rotatable bonds is 7. The Bertz CT molecular complexity index is 563. The van der Waals surface area contributed by atoms with Crippen molar-refractivity contribution in [2.45, 2.75) is 32.4 Å². The minimum absolute atomic E-state index is 0.151. The van der Waals surface area contributed by atoms with Crippen LogP contribution in [0.3, 0.4) is 0 Å². The first-order chi connectivity index (χ1) is 10.2. The Labute approximate surface area is 125 Å². The van der Waals surface area contributed by atoms with E-state index in [9.17, 15) is 0 Å². The molecule has 1 unspecified atom stereocenters. The van der Waals surface area contributed by atoms with Gasteiger partial charge < -0.3 is 15.2 Å². The average molecular weight is 289 g/mol. The van der Waals surface area contributed by atoms with Crippen LogP contribution in [0.15, 0.2) is 30.5 Å². The van der Waals surface area contributed by atoms with Crippen LogP contribution in [-0.4, -0.2) is 24.0 Å². The van der Waals surface area contributed by atoms with Crippen molar-refractivity contribution in [3.8, 4) is 11.5 Å². The second-order valence-electron chi connectivity index (χ2n) is 4.98. The molecule has 0 fully saturated rings. The SMILES string of the molecule is CCCn1ncc(OC)c1C(N)Cc1ccc(OC)cc1. The first-order valence-electron chi connectivity index (χ1n) is 7.17. The number of ether oxygens (including phenoxy) is 2. The molecule has 0 radical (unpaired) electrons. The molecule has 2 aromatic rings. The van der Waals surface area contributed by atoms with Crippen molar-refractivity contribution < 1.29 is 9.47 Å². The second kappa shape index (κ2) is 7.13. The zero-order valence-corrected chi connectivity index (χ0v) is 12.9. The quantitative estimate of drug-likeness (QED) is 0.851. The van der Waals surface area contributed by atoms with Gasteiger partial charge in [0.05, 0.1) is 32.2 Å². The zero-order chi connectivity index (χ0) is 15.2. The van der Waals surface area contributed by atoms with Crippen LogP contribution in [-0.2, 0) is 13.0 Å². The van der Waals surface area contributed by atoms with E-state index in [0.29, 0.717) is 0 Å². The summed E-state index contributed by atoms with van der Waals surface area (Å²) in [6.45, 7) is 2.96. The molecule has 1 heterocycles. The highest BCUT2D eigenvalue weighted by Crippen LogP contribution is 2.26. The van der Waals surface area contributed by atoms with Crippen LogP contribution in [0.4, 0.5) is 0 Å². The highest BCUT2D eigenvalue weighted by Gasteiger charge is 2.18. The van der Waals surface area contributed by atoms with E-state index in [2.05, 4.69) is 12.0 Å². The van der Waals surface area contributed by atoms with Gasteiger partial charge in [0.1, 0.15) is 5.75 Å². The van der Waals surface area contributed by atoms with Crippen molar-refractivity contribution in [1.29, 1.82) is 0 Å². The predicted octanol–water partition coefficient (Wildman–Crippen LogP) is 2.55. The van der Waals surface area contributed by atoms with Crippen LogP contribution in [0.2, 0.25) is 0 Å². The monoisotopic (exact) mass is 289 g/mol. The summed E-state index contributed by atoms with van der Waals surface area (Å²) in [5.41, 5.74) is 8.49. The summed E-state index contributed by atoms with van der Waals surface area (Å²) >= 11 is 0. The van der Waals surface area contributed by atoms with Crippen molar-refractivity contribution in [3.05, 3.63) is 41.7 Å². The van der Waals surface area contributed by atoms with Crippen LogP contribution in [0.25, 0.3) is 0 Å². The topological polar surface area (TPSA) is 62.3 Å². The number of hydrogen-bond donors (Lipinski definition) is 1. The first-order valence-corrected chi connectivity index (χ1v) is 7.17. The molecule has 114 valence electrons. The van der Waals surface area contributed by atoms with Crippen LogP contribution >= 0.6 is 0 Å². The third kappa shape index (κ3) is 3.55. The molecule has 1 atom stereocenters. The van der Waals surface area contributed by atoms with Gasteiger partial charge in [-0.2, -0.15) is 5.10 Å². The van der Waals surface area contributed by atoms with Crippen LogP contribution in [0.5, 0.6) is 11.5 Å². The van der Waals surface area contributed by atoms with E-state index in [1.165, 1.54) is 0 Å². The fourth-order valence-electron chi connectivity index (χ4n) is 2.41. The predicted molar refractivity (Wildman–Crippen MR) is 82.7 cm³/mol. The number of hydrogen-bond acceptors (Lipinski definition) is 4. The molecule has 0 saturated carbocycles. The van der Waals surface area contributed by atoms with Gasteiger partial charge in [0.15, 0.2) is 5.75 Å². The summed E-state index contributed by atoms with van der Waals surface area (Å²) in [6.07, 6.45) is 3.47. The lowest BCUT2D eigenvalue weighted by Crippen LogP contribution is -2.19. The minimum atomic E-state index is -0.151. The fourth-order valence-corrected chi connectivity index (χ4v) is 2.41. The highest BCUT2D eigenvalue weighted by molar-refractivity contribution is 5.32. The van der Waals surface area contributed by atoms with Gasteiger partial charge in [-0.25, -0.2) is 0 Å². The summed E-state index contributed by atoms with van der Waals surface area (Å²) in [4.78, 5) is 0. The summed E-state index contributed by atoms with van der Waals surface area (Å²) in [7, 11) is 3.31. The van der Waals surface area contributed by atoms with Gasteiger partial charge in [0.25, 0.3) is 0 Å². The van der Waals surface area contributed by atoms with E-state index in [4.69, 9.17) is 15.2 Å². The molecule has 1 aromatic heterocycles. The molecular formula is C16H23N3O2. The molecule has 2 N–H and O–H groups in total. The molecule has 0 aliphatic heterocycles. The maximum absolute atomic E-state index is 6.38. The summed E-state index contributed by atoms with van der Waals surface area (Å²) in [5, 5.41) is 4.36. The van der Waals surface area contributed by atoms with Crippen molar-refractivity contribution in [2.75, 3.05) is 14.2 Å². The van der Waals surface area contributed by atoms with E-state index >= 15 is 0 Å². The Morgan fingerprint density at radius 1 is 1.19 bits per heavy atom. The smallest absolute Gasteiger partial charge is 0.161 e. The second-order valence-corrected chi connectivity index (χ2v) is 4.98. The third-order valence-corrected chi connectivity index (χ3v) is 3.47. The van der Waals surface area contributed by atoms with Crippen molar-refractivity contribution in [2.24, 2.45) is 5.73 Å². The largest absolute Gasteiger partial charge is 0.497 e. The van der Waals surface area contributed by atoms with Gasteiger partial charge >= 0.3 is 0 Å². The van der Waals surface area contributed by atoms with Gasteiger partial charge in [0.2, 0.25) is 0 Å². The van der Waals surface area contributed by atoms with E-state index < -0.39 is 0 Å². The summed E-state index contributed by atoms with van der Waals surface area (Å²) in [6, 6.07) is 7.81. The molecular weight excluding hydrogens is 266 g/mol. The molecule has 21 heavy (non-hydrogen) atoms. The van der Waals surface area contributed by atoms with Crippen LogP contribution in [0, 0.1) is 0 Å². The third-order valence-electron chi connectivity index (χ3n) is 3.47. The number of methoxy groups -OCH3 is 2. The van der Waals surface area contributed by atoms with E-state index in [-0.39, 0.29) is 6.04 Å². The fraction of sp³-hybridized carbons (Fsp3) is 0.438. The highest BCUT2D eigenvalue weighted by atomic mass is 16.5. The van der Waals surface area contributed by atoms with Crippen LogP contribution < -0.4 is 15.2 Å². The summed E-state index contributed by atoms with van der Waals surface area (Å²) < 4.78 is 12.5. The Kier molecular flexibility index (Phi) is 5.22. The molecule has 0 amide bonds. The van der Waals surface area contributed by atoms with Crippen molar-refractivity contribution in [1.82, 2.24) is 9.78 Å². The molecule has 0 aliphatic carbocycles. The van der Waals surface area contributed by atoms with Gasteiger partial charge in [-0.15, -0.1) is 0 Å². The van der Waals surface area contributed by atoms with Gasteiger partial charge in [0, 0.05) is 6.54 Å². The maximum atomic E-state index is 6.38. The number of benzene rings is 1. The number of aryl methyl sites for hydroxylation is 1. The summed E-state index contributed by atoms with van der Waals surface area (Å²) in [5.74, 6) is 1.60. The van der Waals surface area contributed by atoms with Gasteiger partial charge in [-0.05, 0) is 30.5 Å². The molecule has 5 nitrogen and oxygen atoms in total. The van der Waals surface area contributed by atoms with Crippen molar-refractivity contribution in [3.63, 3.8) is 0 Å². The van der Waals surface area contributed by atoms with E-state index in [1.54, 1.807) is 20.4 Å². The molecule has 0 saturated heterocycles. The normalized spacial score (nSPS) is 12.2. The molecule has 0 aliphatic rings. The average Bonchev–Trinajstić information content (AvgIpc) is 2.91. The van der Waals surface area contributed by atoms with Crippen molar-refractivity contribution >= 4 is 0 Å².